The molecule has 0 saturated carbocycles. The summed E-state index contributed by atoms with van der Waals surface area (Å²) in [7, 11) is -1.83. The van der Waals surface area contributed by atoms with Gasteiger partial charge >= 0.3 is 0 Å². The normalized spacial score (nSPS) is 16.6. The summed E-state index contributed by atoms with van der Waals surface area (Å²) >= 11 is 0. The molecule has 0 amide bonds. The van der Waals surface area contributed by atoms with E-state index >= 15 is 0 Å². The number of fused-ring (bicyclic) bond motifs is 29. The van der Waals surface area contributed by atoms with Crippen LogP contribution in [0.1, 0.15) is 44.5 Å². The monoisotopic (exact) mass is 1670 g/mol. The first-order chi connectivity index (χ1) is 47.5. The molecule has 0 atom stereocenters. The van der Waals surface area contributed by atoms with Gasteiger partial charge in [-0.05, 0) is 104 Å². The van der Waals surface area contributed by atoms with E-state index in [0.29, 0.717) is 84.1 Å². The van der Waals surface area contributed by atoms with Crippen molar-refractivity contribution in [2.45, 2.75) is 39.3 Å². The van der Waals surface area contributed by atoms with Crippen LogP contribution in [0.2, 0.25) is 0 Å². The average Bonchev–Trinajstić information content (AvgIpc) is 0.798. The summed E-state index contributed by atoms with van der Waals surface area (Å²) in [5.74, 6) is -0.877. The van der Waals surface area contributed by atoms with Gasteiger partial charge in [-0.1, -0.05) is 191 Å². The van der Waals surface area contributed by atoms with Gasteiger partial charge in [-0.25, -0.2) is 0 Å². The maximum absolute atomic E-state index is 14.3. The van der Waals surface area contributed by atoms with Gasteiger partial charge < -0.3 is 79.1 Å². The molecule has 101 heavy (non-hydrogen) atoms. The van der Waals surface area contributed by atoms with Crippen molar-refractivity contribution < 1.29 is 123 Å². The maximum atomic E-state index is 14.3. The largest absolute Gasteiger partial charge is 2.00 e. The molecule has 0 spiro atoms. The molecule has 3 fully saturated rings. The van der Waals surface area contributed by atoms with Crippen molar-refractivity contribution in [2.24, 2.45) is 0 Å². The van der Waals surface area contributed by atoms with Crippen molar-refractivity contribution >= 4 is 32.4 Å². The summed E-state index contributed by atoms with van der Waals surface area (Å²) in [6.07, 6.45) is 10.00. The van der Waals surface area contributed by atoms with Crippen LogP contribution in [-0.4, -0.2) is 169 Å². The van der Waals surface area contributed by atoms with E-state index in [1.165, 1.54) is 9.80 Å². The van der Waals surface area contributed by atoms with Crippen molar-refractivity contribution in [3.05, 3.63) is 214 Å². The summed E-state index contributed by atoms with van der Waals surface area (Å²) in [6.45, 7) is 13.9. The number of hydrogen-bond donors (Lipinski definition) is 2. The third-order valence-electron chi connectivity index (χ3n) is 15.9. The zero-order valence-corrected chi connectivity index (χ0v) is 65.4. The second-order valence-electron chi connectivity index (χ2n) is 24.2. The van der Waals surface area contributed by atoms with Crippen LogP contribution in [0.3, 0.4) is 0 Å². The molecule has 0 unspecified atom stereocenters. The van der Waals surface area contributed by atoms with Crippen LogP contribution < -0.4 is 30.2 Å². The first-order valence-electron chi connectivity index (χ1n) is 33.1. The van der Waals surface area contributed by atoms with Gasteiger partial charge in [-0.3, -0.25) is 12.6 Å². The van der Waals surface area contributed by atoms with Crippen LogP contribution in [0, 0.1) is 31.1 Å². The van der Waals surface area contributed by atoms with Gasteiger partial charge in [-0.15, -0.1) is 0 Å². The SMILES string of the molecule is C1COCC[NH+]2CCOCCOCC[NH+](CCO1)CCOCCOCC2.CS(C)=O.CS(C)=O.CS(C)=O.[O-2].[O-2].[O-]c1c2cc(-c3ccccc3)cc1Cc1cc(-c3ccccc3)cc(c1[O-])COCc1cc(-c3ccccc3)cc(c1[O-])Cc1cc(-c3ccccc3)cc(c1[O-])COC2.[U]. The third-order valence-corrected chi connectivity index (χ3v) is 15.9. The summed E-state index contributed by atoms with van der Waals surface area (Å²) in [4.78, 5) is 2.88. The first-order valence-corrected chi connectivity index (χ1v) is 39.0. The fourth-order valence-corrected chi connectivity index (χ4v) is 11.1. The number of rotatable bonds is 4. The molecule has 2 N–H and O–H groups in total. The van der Waals surface area contributed by atoms with Crippen molar-refractivity contribution in [1.82, 2.24) is 0 Å². The Morgan fingerprint density at radius 3 is 0.614 bits per heavy atom. The van der Waals surface area contributed by atoms with Gasteiger partial charge in [-0.2, -0.15) is 0 Å². The zero-order valence-electron chi connectivity index (χ0n) is 58.8. The van der Waals surface area contributed by atoms with Crippen LogP contribution in [-0.2, 0) is 121 Å². The topological polar surface area (TPSA) is 283 Å². The Bertz CT molecular complexity index is 3230. The van der Waals surface area contributed by atoms with E-state index in [4.69, 9.17) is 37.9 Å². The van der Waals surface area contributed by atoms with E-state index in [1.54, 1.807) is 37.5 Å². The summed E-state index contributed by atoms with van der Waals surface area (Å²) in [5.41, 5.74) is 10.5. The zero-order chi connectivity index (χ0) is 69.9. The molecular weight excluding hydrogens is 1570 g/mol. The minimum atomic E-state index is -0.611. The smallest absolute Gasteiger partial charge is 0.101 e. The van der Waals surface area contributed by atoms with Crippen LogP contribution in [0.15, 0.2) is 170 Å². The Balaban J connectivity index is 0.000000439. The predicted molar refractivity (Wildman–Crippen MR) is 385 cm³/mol. The van der Waals surface area contributed by atoms with E-state index in [-0.39, 0.29) is 104 Å². The van der Waals surface area contributed by atoms with Crippen LogP contribution in [0.25, 0.3) is 44.5 Å². The molecule has 0 aromatic heterocycles. The fourth-order valence-electron chi connectivity index (χ4n) is 11.1. The number of nitrogens with one attached hydrogen (secondary N) is 2. The first kappa shape index (κ1) is 87.4. The fraction of sp³-hybridized carbons (Fsp3) is 0.385. The molecular formula is C78H96N2O17S3U-6. The molecule has 8 aromatic carbocycles. The predicted octanol–water partition coefficient (Wildman–Crippen LogP) is 6.21. The third kappa shape index (κ3) is 31.5. The van der Waals surface area contributed by atoms with Crippen LogP contribution in [0.4, 0.5) is 0 Å². The van der Waals surface area contributed by atoms with Crippen molar-refractivity contribution in [3.8, 4) is 67.5 Å². The van der Waals surface area contributed by atoms with Gasteiger partial charge in [0.2, 0.25) is 0 Å². The molecule has 8 aromatic rings. The minimum absolute atomic E-state index is 0. The second kappa shape index (κ2) is 48.8. The van der Waals surface area contributed by atoms with E-state index < -0.39 is 32.4 Å². The van der Waals surface area contributed by atoms with Crippen LogP contribution >= 0.6 is 0 Å². The number of hydrogen-bond acceptors (Lipinski definition) is 15. The summed E-state index contributed by atoms with van der Waals surface area (Å²) in [6, 6.07) is 53.9. The van der Waals surface area contributed by atoms with Crippen LogP contribution in [0.5, 0.6) is 23.0 Å². The summed E-state index contributed by atoms with van der Waals surface area (Å²) in [5, 5.41) is 57.3. The molecule has 23 heteroatoms. The molecule has 0 aliphatic carbocycles. The van der Waals surface area contributed by atoms with E-state index in [1.807, 2.05) is 170 Å². The molecule has 19 nitrogen and oxygen atoms in total. The average molecular weight is 1670 g/mol. The molecule has 4 aliphatic heterocycles. The Labute approximate surface area is 627 Å². The Kier molecular flexibility index (Phi) is 42.3. The van der Waals surface area contributed by atoms with Crippen molar-refractivity contribution in [2.75, 3.05) is 156 Å². The van der Waals surface area contributed by atoms with Crippen molar-refractivity contribution in [1.29, 1.82) is 0 Å². The standard InChI is InChI=1S/C54H44O6.C18H36N2O6.3C2H6OS.2O.U/c55-51-43-21-39(35-13-5-1-6-14-35)25-47(51)31-59-32-48-27-41(37-17-9-3-10-18-37)23-45(53(48)57)30-46-24-42(38-19-11-4-12-20-38)28-50(54(46)58)34-60-33-49-26-40(22-44(29-43)52(49)56)36-15-7-2-8-16-36;1-7-21-13-14-24-10-4-20-5-11-25-17-15-22-8-2-19(1)3-9-23-16-18-26-12-6-20;3*1-4(2)3;;;/h1-28,55-58H,29-34H2;1-18H2;3*1-2H3;;;/q;;;;;2*-2;/p-2. The molecule has 548 valence electrons. The Morgan fingerprint density at radius 1 is 0.267 bits per heavy atom. The number of ether oxygens (including phenoxy) is 8. The molecule has 10 bridgehead atoms. The van der Waals surface area contributed by atoms with Gasteiger partial charge in [0.1, 0.15) is 39.3 Å². The van der Waals surface area contributed by atoms with Gasteiger partial charge in [0.05, 0.1) is 106 Å². The van der Waals surface area contributed by atoms with Gasteiger partial charge in [0.15, 0.2) is 0 Å². The van der Waals surface area contributed by atoms with E-state index in [9.17, 15) is 33.1 Å². The maximum Gasteiger partial charge on any atom is 0.101 e. The molecule has 12 rings (SSSR count). The number of benzene rings is 8. The van der Waals surface area contributed by atoms with Gasteiger partial charge in [0.25, 0.3) is 0 Å². The Hall–Kier alpha value is -6.02. The van der Waals surface area contributed by atoms with Gasteiger partial charge in [0, 0.05) is 101 Å². The molecule has 4 heterocycles. The quantitative estimate of drug-likeness (QED) is 0.198. The summed E-state index contributed by atoms with van der Waals surface area (Å²) < 4.78 is 75.6. The van der Waals surface area contributed by atoms with Crippen molar-refractivity contribution in [3.63, 3.8) is 0 Å². The Morgan fingerprint density at radius 2 is 0.436 bits per heavy atom. The minimum Gasteiger partial charge on any atom is -2.00 e. The molecule has 3 saturated heterocycles. The second-order valence-corrected chi connectivity index (χ2v) is 28.6. The molecule has 0 radical (unpaired) electrons. The number of quaternary nitrogens is 2. The van der Waals surface area contributed by atoms with E-state index in [2.05, 4.69) is 0 Å². The molecule has 4 aliphatic rings. The van der Waals surface area contributed by atoms with E-state index in [0.717, 1.165) is 123 Å².